The molecule has 0 saturated carbocycles. The topological polar surface area (TPSA) is 67.8 Å². The Morgan fingerprint density at radius 1 is 1.29 bits per heavy atom. The maximum absolute atomic E-state index is 12.5. The highest BCUT2D eigenvalue weighted by molar-refractivity contribution is 5.98. The number of likely N-dealkylation sites (tertiary alicyclic amines) is 1. The third kappa shape index (κ3) is 3.19. The fourth-order valence-corrected chi connectivity index (χ4v) is 3.59. The molecule has 1 aliphatic heterocycles. The summed E-state index contributed by atoms with van der Waals surface area (Å²) >= 11 is 0. The van der Waals surface area contributed by atoms with Gasteiger partial charge in [0.2, 0.25) is 0 Å². The molecule has 2 aromatic rings. The summed E-state index contributed by atoms with van der Waals surface area (Å²) in [6.45, 7) is 5.26. The molecule has 1 fully saturated rings. The van der Waals surface area contributed by atoms with Crippen molar-refractivity contribution in [1.29, 1.82) is 0 Å². The summed E-state index contributed by atoms with van der Waals surface area (Å²) in [5.74, 6) is 1.24. The van der Waals surface area contributed by atoms with Crippen LogP contribution in [0.4, 0.5) is 0 Å². The predicted molar refractivity (Wildman–Crippen MR) is 93.1 cm³/mol. The van der Waals surface area contributed by atoms with Crippen LogP contribution in [0.1, 0.15) is 30.3 Å². The highest BCUT2D eigenvalue weighted by Gasteiger charge is 2.27. The number of carbonyl (C=O) groups excluding carboxylic acids is 1. The lowest BCUT2D eigenvalue weighted by atomic mass is 10.2. The molecule has 0 bridgehead atoms. The second kappa shape index (κ2) is 7.13. The van der Waals surface area contributed by atoms with Gasteiger partial charge in [-0.3, -0.25) is 4.79 Å². The average molecular weight is 332 g/mol. The molecule has 0 radical (unpaired) electrons. The molecule has 1 amide bonds. The minimum atomic E-state index is -0.0634. The van der Waals surface area contributed by atoms with E-state index in [9.17, 15) is 4.79 Å². The first kappa shape index (κ1) is 16.6. The van der Waals surface area contributed by atoms with Crippen LogP contribution in [0.15, 0.2) is 18.2 Å². The molecule has 0 aliphatic carbocycles. The molecule has 1 aromatic heterocycles. The molecule has 0 spiro atoms. The first-order valence-electron chi connectivity index (χ1n) is 8.53. The number of hydrogen-bond donors (Lipinski definition) is 3. The summed E-state index contributed by atoms with van der Waals surface area (Å²) in [7, 11) is 3.21. The number of hydrogen-bond acceptors (Lipinski definition) is 3. The van der Waals surface area contributed by atoms with Gasteiger partial charge in [0, 0.05) is 29.8 Å². The van der Waals surface area contributed by atoms with E-state index in [2.05, 4.69) is 17.2 Å². The SMILES string of the molecule is CC[NH+]1CCC[C@@H]1CNC(=O)c1cc2cc(OC)c(OC)cc2[nH]1. The van der Waals surface area contributed by atoms with Gasteiger partial charge in [0.15, 0.2) is 11.5 Å². The van der Waals surface area contributed by atoms with Gasteiger partial charge in [-0.15, -0.1) is 0 Å². The van der Waals surface area contributed by atoms with E-state index in [-0.39, 0.29) is 5.91 Å². The number of aromatic amines is 1. The lowest BCUT2D eigenvalue weighted by molar-refractivity contribution is -0.909. The zero-order valence-corrected chi connectivity index (χ0v) is 14.6. The van der Waals surface area contributed by atoms with Crippen molar-refractivity contribution >= 4 is 16.8 Å². The third-order valence-corrected chi connectivity index (χ3v) is 4.96. The van der Waals surface area contributed by atoms with E-state index in [1.807, 2.05) is 18.2 Å². The van der Waals surface area contributed by atoms with Crippen molar-refractivity contribution in [2.24, 2.45) is 0 Å². The van der Waals surface area contributed by atoms with Crippen LogP contribution in [0, 0.1) is 0 Å². The minimum Gasteiger partial charge on any atom is -0.493 e. The molecule has 130 valence electrons. The average Bonchev–Trinajstić information content (AvgIpc) is 3.23. The largest absolute Gasteiger partial charge is 0.493 e. The number of H-pyrrole nitrogens is 1. The van der Waals surface area contributed by atoms with Gasteiger partial charge >= 0.3 is 0 Å². The predicted octanol–water partition coefficient (Wildman–Crippen LogP) is 0.982. The molecule has 6 heteroatoms. The number of methoxy groups -OCH3 is 2. The molecule has 24 heavy (non-hydrogen) atoms. The molecule has 3 rings (SSSR count). The van der Waals surface area contributed by atoms with Crippen molar-refractivity contribution in [1.82, 2.24) is 10.3 Å². The number of amides is 1. The maximum Gasteiger partial charge on any atom is 0.267 e. The monoisotopic (exact) mass is 332 g/mol. The number of benzene rings is 1. The Morgan fingerprint density at radius 3 is 2.75 bits per heavy atom. The Morgan fingerprint density at radius 2 is 2.04 bits per heavy atom. The number of rotatable bonds is 6. The summed E-state index contributed by atoms with van der Waals surface area (Å²) in [5.41, 5.74) is 1.43. The van der Waals surface area contributed by atoms with Crippen LogP contribution in [-0.4, -0.2) is 50.8 Å². The Labute approximate surface area is 142 Å². The third-order valence-electron chi connectivity index (χ3n) is 4.96. The molecule has 1 aliphatic rings. The van der Waals surface area contributed by atoms with Crippen molar-refractivity contribution in [3.63, 3.8) is 0 Å². The van der Waals surface area contributed by atoms with Crippen LogP contribution in [0.5, 0.6) is 11.5 Å². The van der Waals surface area contributed by atoms with Gasteiger partial charge in [-0.25, -0.2) is 0 Å². The standard InChI is InChI=1S/C18H25N3O3/c1-4-21-7-5-6-13(21)11-19-18(22)15-8-12-9-16(23-2)17(24-3)10-14(12)20-15/h8-10,13,20H,4-7,11H2,1-3H3,(H,19,22)/p+1/t13-/m1/s1. The van der Waals surface area contributed by atoms with Crippen molar-refractivity contribution in [3.8, 4) is 11.5 Å². The van der Waals surface area contributed by atoms with Crippen molar-refractivity contribution in [3.05, 3.63) is 23.9 Å². The van der Waals surface area contributed by atoms with Crippen LogP contribution < -0.4 is 19.7 Å². The number of ether oxygens (including phenoxy) is 2. The zero-order valence-electron chi connectivity index (χ0n) is 14.6. The molecule has 1 unspecified atom stereocenters. The minimum absolute atomic E-state index is 0.0634. The van der Waals surface area contributed by atoms with Gasteiger partial charge in [0.05, 0.1) is 33.9 Å². The molecule has 6 nitrogen and oxygen atoms in total. The number of quaternary nitrogens is 1. The van der Waals surface area contributed by atoms with Crippen LogP contribution in [0.3, 0.4) is 0 Å². The van der Waals surface area contributed by atoms with E-state index in [0.29, 0.717) is 23.2 Å². The smallest absolute Gasteiger partial charge is 0.267 e. The lowest BCUT2D eigenvalue weighted by Crippen LogP contribution is -3.14. The Balaban J connectivity index is 1.73. The lowest BCUT2D eigenvalue weighted by Gasteiger charge is -2.19. The van der Waals surface area contributed by atoms with Crippen LogP contribution >= 0.6 is 0 Å². The second-order valence-corrected chi connectivity index (χ2v) is 6.29. The second-order valence-electron chi connectivity index (χ2n) is 6.29. The highest BCUT2D eigenvalue weighted by Crippen LogP contribution is 2.32. The number of carbonyl (C=O) groups is 1. The summed E-state index contributed by atoms with van der Waals surface area (Å²) in [6.07, 6.45) is 2.43. The Hall–Kier alpha value is -2.21. The van der Waals surface area contributed by atoms with E-state index in [1.165, 1.54) is 19.4 Å². The van der Waals surface area contributed by atoms with E-state index in [0.717, 1.165) is 24.0 Å². The number of nitrogens with one attached hydrogen (secondary N) is 3. The number of aromatic nitrogens is 1. The normalized spacial score (nSPS) is 20.3. The van der Waals surface area contributed by atoms with Gasteiger partial charge in [-0.2, -0.15) is 0 Å². The summed E-state index contributed by atoms with van der Waals surface area (Å²) in [6, 6.07) is 6.11. The molecular weight excluding hydrogens is 306 g/mol. The Kier molecular flexibility index (Phi) is 4.94. The maximum atomic E-state index is 12.5. The number of likely N-dealkylation sites (N-methyl/N-ethyl adjacent to an activating group) is 1. The van der Waals surface area contributed by atoms with Crippen molar-refractivity contribution < 1.29 is 19.2 Å². The number of fused-ring (bicyclic) bond motifs is 1. The molecule has 2 heterocycles. The van der Waals surface area contributed by atoms with Crippen molar-refractivity contribution in [2.45, 2.75) is 25.8 Å². The van der Waals surface area contributed by atoms with Gasteiger partial charge in [-0.1, -0.05) is 0 Å². The molecule has 3 N–H and O–H groups in total. The van der Waals surface area contributed by atoms with Gasteiger partial charge in [-0.05, 0) is 19.1 Å². The first-order valence-corrected chi connectivity index (χ1v) is 8.53. The molecule has 1 aromatic carbocycles. The van der Waals surface area contributed by atoms with Crippen LogP contribution in [0.25, 0.3) is 10.9 Å². The zero-order chi connectivity index (χ0) is 17.1. The van der Waals surface area contributed by atoms with Crippen molar-refractivity contribution in [2.75, 3.05) is 33.9 Å². The first-order chi connectivity index (χ1) is 11.7. The summed E-state index contributed by atoms with van der Waals surface area (Å²) in [5, 5.41) is 4.00. The van der Waals surface area contributed by atoms with Gasteiger partial charge in [0.25, 0.3) is 5.91 Å². The van der Waals surface area contributed by atoms with E-state index < -0.39 is 0 Å². The molecule has 2 atom stereocenters. The van der Waals surface area contributed by atoms with E-state index in [4.69, 9.17) is 9.47 Å². The van der Waals surface area contributed by atoms with Crippen LogP contribution in [-0.2, 0) is 0 Å². The van der Waals surface area contributed by atoms with E-state index in [1.54, 1.807) is 19.1 Å². The van der Waals surface area contributed by atoms with Crippen LogP contribution in [0.2, 0.25) is 0 Å². The summed E-state index contributed by atoms with van der Waals surface area (Å²) < 4.78 is 10.6. The van der Waals surface area contributed by atoms with Gasteiger partial charge < -0.3 is 24.7 Å². The molecular formula is C18H26N3O3+. The summed E-state index contributed by atoms with van der Waals surface area (Å²) in [4.78, 5) is 17.2. The molecule has 1 saturated heterocycles. The fourth-order valence-electron chi connectivity index (χ4n) is 3.59. The van der Waals surface area contributed by atoms with Gasteiger partial charge in [0.1, 0.15) is 11.7 Å². The highest BCUT2D eigenvalue weighted by atomic mass is 16.5. The quantitative estimate of drug-likeness (QED) is 0.739. The fraction of sp³-hybridized carbons (Fsp3) is 0.500. The van der Waals surface area contributed by atoms with E-state index >= 15 is 0 Å². The Bertz CT molecular complexity index is 685.